The Hall–Kier alpha value is -4.44. The average Bonchev–Trinajstić information content (AvgIpc) is 3.44. The lowest BCUT2D eigenvalue weighted by molar-refractivity contribution is -0.112. The number of carbonyl (C=O) groups is 1. The van der Waals surface area contributed by atoms with E-state index in [4.69, 9.17) is 22.1 Å². The molecule has 5 N–H and O–H groups in total. The number of hydrogen-bond acceptors (Lipinski definition) is 10. The van der Waals surface area contributed by atoms with Gasteiger partial charge in [-0.05, 0) is 52.6 Å². The molecule has 1 saturated heterocycles. The van der Waals surface area contributed by atoms with Gasteiger partial charge in [0.1, 0.15) is 23.2 Å². The molecule has 1 aliphatic heterocycles. The molecule has 2 aromatic carbocycles. The van der Waals surface area contributed by atoms with E-state index in [1.807, 2.05) is 26.2 Å². The molecular formula is C30H34ClFN8O3. The monoisotopic (exact) mass is 608 g/mol. The first kappa shape index (κ1) is 31.5. The molecule has 0 saturated carbocycles. The zero-order chi connectivity index (χ0) is 31.6. The quantitative estimate of drug-likeness (QED) is 0.242. The zero-order valence-corrected chi connectivity index (χ0v) is 25.4. The number of nitriles is 1. The van der Waals surface area contributed by atoms with Crippen LogP contribution in [0.25, 0.3) is 5.57 Å². The highest BCUT2D eigenvalue weighted by atomic mass is 35.5. The second-order valence-electron chi connectivity index (χ2n) is 11.0. The Bertz CT molecular complexity index is 1620. The first-order chi connectivity index (χ1) is 20.2. The average molecular weight is 609 g/mol. The van der Waals surface area contributed by atoms with E-state index in [9.17, 15) is 19.6 Å². The van der Waals surface area contributed by atoms with Gasteiger partial charge in [-0.1, -0.05) is 18.2 Å². The Morgan fingerprint density at radius 3 is 2.60 bits per heavy atom. The Kier molecular flexibility index (Phi) is 9.10. The topological polar surface area (TPSA) is 153 Å². The molecule has 11 nitrogen and oxygen atoms in total. The number of likely N-dealkylation sites (N-methyl/N-ethyl adjacent to an activating group) is 1. The van der Waals surface area contributed by atoms with Crippen molar-refractivity contribution in [2.75, 3.05) is 49.8 Å². The number of nitrogens with zero attached hydrogens (tertiary/aromatic N) is 5. The molecule has 1 unspecified atom stereocenters. The molecule has 0 spiro atoms. The molecule has 0 aliphatic carbocycles. The van der Waals surface area contributed by atoms with Crippen LogP contribution in [0.15, 0.2) is 37.0 Å². The normalized spacial score (nSPS) is 14.9. The third-order valence-corrected chi connectivity index (χ3v) is 7.59. The highest BCUT2D eigenvalue weighted by Gasteiger charge is 2.28. The Balaban J connectivity index is 1.75. The van der Waals surface area contributed by atoms with E-state index in [2.05, 4.69) is 37.0 Å². The minimum atomic E-state index is -1.44. The van der Waals surface area contributed by atoms with Gasteiger partial charge in [-0.25, -0.2) is 9.37 Å². The molecular weight excluding hydrogens is 575 g/mol. The van der Waals surface area contributed by atoms with Gasteiger partial charge in [0.25, 0.3) is 0 Å². The molecule has 1 aliphatic rings. The lowest BCUT2D eigenvalue weighted by Crippen LogP contribution is -2.32. The number of amides is 1. The number of methoxy groups -OCH3 is 1. The number of nitrogens with two attached hydrogens (primary N) is 1. The van der Waals surface area contributed by atoms with E-state index < -0.39 is 17.3 Å². The lowest BCUT2D eigenvalue weighted by Gasteiger charge is -2.26. The van der Waals surface area contributed by atoms with Crippen LogP contribution in [0.3, 0.4) is 0 Å². The Morgan fingerprint density at radius 2 is 2.02 bits per heavy atom. The number of benzene rings is 2. The maximum absolute atomic E-state index is 14.3. The van der Waals surface area contributed by atoms with Crippen molar-refractivity contribution < 1.29 is 19.0 Å². The summed E-state index contributed by atoms with van der Waals surface area (Å²) in [6.07, 6.45) is 2.25. The molecule has 0 radical (unpaired) electrons. The van der Waals surface area contributed by atoms with Crippen LogP contribution in [0.2, 0.25) is 5.02 Å². The van der Waals surface area contributed by atoms with E-state index in [0.29, 0.717) is 23.0 Å². The van der Waals surface area contributed by atoms with Gasteiger partial charge in [0.05, 0.1) is 29.6 Å². The highest BCUT2D eigenvalue weighted by Crippen LogP contribution is 2.40. The number of carbonyl (C=O) groups excluding carboxylic acids is 1. The van der Waals surface area contributed by atoms with Crippen LogP contribution in [0.1, 0.15) is 37.0 Å². The molecule has 4 rings (SSSR count). The maximum atomic E-state index is 14.3. The molecule has 1 atom stereocenters. The molecule has 43 heavy (non-hydrogen) atoms. The van der Waals surface area contributed by atoms with Crippen molar-refractivity contribution in [3.8, 4) is 11.8 Å². The van der Waals surface area contributed by atoms with Gasteiger partial charge in [-0.2, -0.15) is 10.2 Å². The molecule has 3 aromatic rings. The number of primary amides is 1. The van der Waals surface area contributed by atoms with Gasteiger partial charge in [0, 0.05) is 53.3 Å². The second-order valence-corrected chi connectivity index (χ2v) is 11.4. The van der Waals surface area contributed by atoms with Gasteiger partial charge in [0.15, 0.2) is 5.82 Å². The predicted molar refractivity (Wildman–Crippen MR) is 165 cm³/mol. The number of rotatable bonds is 10. The van der Waals surface area contributed by atoms with E-state index in [1.165, 1.54) is 33.2 Å². The van der Waals surface area contributed by atoms with E-state index in [1.54, 1.807) is 6.07 Å². The summed E-state index contributed by atoms with van der Waals surface area (Å²) < 4.78 is 20.0. The van der Waals surface area contributed by atoms with E-state index >= 15 is 0 Å². The van der Waals surface area contributed by atoms with Gasteiger partial charge < -0.3 is 36.0 Å². The summed E-state index contributed by atoms with van der Waals surface area (Å²) in [5.41, 5.74) is 6.58. The maximum Gasteiger partial charge on any atom is 0.248 e. The van der Waals surface area contributed by atoms with E-state index in [0.717, 1.165) is 31.3 Å². The molecule has 13 heteroatoms. The van der Waals surface area contributed by atoms with Gasteiger partial charge in [-0.3, -0.25) is 4.79 Å². The van der Waals surface area contributed by atoms with Crippen molar-refractivity contribution >= 4 is 51.9 Å². The first-order valence-corrected chi connectivity index (χ1v) is 13.8. The van der Waals surface area contributed by atoms with Crippen molar-refractivity contribution in [1.82, 2.24) is 14.9 Å². The summed E-state index contributed by atoms with van der Waals surface area (Å²) in [5.74, 6) is -0.763. The Labute approximate surface area is 254 Å². The third kappa shape index (κ3) is 6.80. The number of halogens is 2. The second kappa shape index (κ2) is 12.4. The first-order valence-electron chi connectivity index (χ1n) is 13.4. The lowest BCUT2D eigenvalue weighted by atomic mass is 9.96. The summed E-state index contributed by atoms with van der Waals surface area (Å²) in [7, 11) is 5.58. The smallest absolute Gasteiger partial charge is 0.248 e. The molecule has 1 amide bonds. The third-order valence-electron chi connectivity index (χ3n) is 7.30. The van der Waals surface area contributed by atoms with Gasteiger partial charge in [0.2, 0.25) is 11.9 Å². The fourth-order valence-electron chi connectivity index (χ4n) is 4.88. The fraction of sp³-hybridized carbons (Fsp3) is 0.333. The summed E-state index contributed by atoms with van der Waals surface area (Å²) in [5, 5.41) is 26.2. The van der Waals surface area contributed by atoms with Crippen molar-refractivity contribution in [3.05, 3.63) is 64.6 Å². The SMILES string of the molecule is C=C(C(N)=O)c1cc(Nc2ncc(C#N)c(Nc3cc(Cl)c(F)cc3C(C)(C)O)n2)c(OC)cc1N1CCC(N(C)C)C1. The standard InChI is InChI=1S/C30H34ClFN8O3/c1-16(27(34)41)19-9-24(26(43-6)12-25(19)40-8-7-18(15-40)39(4)5)37-29-35-14-17(13-33)28(38-29)36-23-11-21(31)22(32)10-20(23)30(2,3)42/h9-12,14,18,42H,1,7-8,15H2,2-6H3,(H2,34,41)(H2,35,36,37,38). The van der Waals surface area contributed by atoms with Crippen LogP contribution < -0.4 is 26.0 Å². The molecule has 1 aromatic heterocycles. The molecule has 226 valence electrons. The van der Waals surface area contributed by atoms with Crippen molar-refractivity contribution in [2.24, 2.45) is 5.73 Å². The summed E-state index contributed by atoms with van der Waals surface area (Å²) in [6, 6.07) is 8.30. The van der Waals surface area contributed by atoms with Crippen LogP contribution in [0.5, 0.6) is 5.75 Å². The van der Waals surface area contributed by atoms with Crippen molar-refractivity contribution in [1.29, 1.82) is 5.26 Å². The van der Waals surface area contributed by atoms with Crippen LogP contribution in [-0.2, 0) is 10.4 Å². The van der Waals surface area contributed by atoms with Gasteiger partial charge in [-0.15, -0.1) is 0 Å². The van der Waals surface area contributed by atoms with Crippen LogP contribution in [0, 0.1) is 17.1 Å². The predicted octanol–water partition coefficient (Wildman–Crippen LogP) is 4.50. The number of ether oxygens (including phenoxy) is 1. The van der Waals surface area contributed by atoms with Gasteiger partial charge >= 0.3 is 0 Å². The number of aromatic nitrogens is 2. The minimum Gasteiger partial charge on any atom is -0.494 e. The molecule has 0 bridgehead atoms. The molecule has 2 heterocycles. The summed E-state index contributed by atoms with van der Waals surface area (Å²) in [6.45, 7) is 8.43. The number of anilines is 5. The van der Waals surface area contributed by atoms with Crippen molar-refractivity contribution in [2.45, 2.75) is 31.9 Å². The summed E-state index contributed by atoms with van der Waals surface area (Å²) >= 11 is 6.03. The zero-order valence-electron chi connectivity index (χ0n) is 24.6. The number of aliphatic hydroxyl groups is 1. The number of hydrogen-bond donors (Lipinski definition) is 4. The largest absolute Gasteiger partial charge is 0.494 e. The Morgan fingerprint density at radius 1 is 1.30 bits per heavy atom. The molecule has 1 fully saturated rings. The fourth-order valence-corrected chi connectivity index (χ4v) is 5.04. The van der Waals surface area contributed by atoms with Crippen molar-refractivity contribution in [3.63, 3.8) is 0 Å². The van der Waals surface area contributed by atoms with Crippen LogP contribution in [-0.4, -0.2) is 66.2 Å². The van der Waals surface area contributed by atoms with Crippen LogP contribution in [0.4, 0.5) is 33.2 Å². The minimum absolute atomic E-state index is 0.0787. The summed E-state index contributed by atoms with van der Waals surface area (Å²) in [4.78, 5) is 25.3. The van der Waals surface area contributed by atoms with Crippen LogP contribution >= 0.6 is 11.6 Å². The number of nitrogens with one attached hydrogen (secondary N) is 2. The van der Waals surface area contributed by atoms with E-state index in [-0.39, 0.29) is 39.2 Å². The highest BCUT2D eigenvalue weighted by molar-refractivity contribution is 6.31.